The summed E-state index contributed by atoms with van der Waals surface area (Å²) in [5.74, 6) is 1.68. The Morgan fingerprint density at radius 2 is 1.32 bits per heavy atom. The molecule has 0 amide bonds. The molecule has 0 aromatic rings. The van der Waals surface area contributed by atoms with Crippen molar-refractivity contribution in [3.63, 3.8) is 0 Å². The lowest BCUT2D eigenvalue weighted by atomic mass is 9.94. The first-order chi connectivity index (χ1) is 14.3. The van der Waals surface area contributed by atoms with E-state index >= 15 is 0 Å². The van der Waals surface area contributed by atoms with E-state index in [0.29, 0.717) is 24.2 Å². The number of carbonyl (C=O) groups excluding carboxylic acids is 3. The number of carbonyl (C=O) groups is 3. The van der Waals surface area contributed by atoms with Crippen molar-refractivity contribution in [2.24, 2.45) is 29.1 Å². The Morgan fingerprint density at radius 1 is 0.774 bits per heavy atom. The first-order valence-electron chi connectivity index (χ1n) is 11.6. The molecule has 1 aliphatic rings. The van der Waals surface area contributed by atoms with E-state index in [0.717, 1.165) is 38.5 Å². The van der Waals surface area contributed by atoms with Crippen LogP contribution in [0.1, 0.15) is 93.4 Å². The molecule has 0 aliphatic heterocycles. The van der Waals surface area contributed by atoms with Crippen molar-refractivity contribution < 1.29 is 28.6 Å². The highest BCUT2D eigenvalue weighted by Crippen LogP contribution is 2.51. The molecule has 1 atom stereocenters. The molecule has 6 nitrogen and oxygen atoms in total. The van der Waals surface area contributed by atoms with E-state index in [1.807, 2.05) is 6.92 Å². The molecule has 0 aromatic carbocycles. The van der Waals surface area contributed by atoms with E-state index in [4.69, 9.17) is 4.74 Å². The minimum Gasteiger partial charge on any atom is -0.469 e. The predicted molar refractivity (Wildman–Crippen MR) is 124 cm³/mol. The lowest BCUT2D eigenvalue weighted by Crippen LogP contribution is -2.19. The van der Waals surface area contributed by atoms with Crippen molar-refractivity contribution in [2.45, 2.75) is 93.4 Å². The van der Waals surface area contributed by atoms with E-state index in [1.165, 1.54) is 21.3 Å². The maximum absolute atomic E-state index is 11.2. The summed E-state index contributed by atoms with van der Waals surface area (Å²) in [6.45, 7) is 14.7. The van der Waals surface area contributed by atoms with Gasteiger partial charge in [0.2, 0.25) is 0 Å². The fourth-order valence-electron chi connectivity index (χ4n) is 3.40. The summed E-state index contributed by atoms with van der Waals surface area (Å²) in [6, 6.07) is 0. The Morgan fingerprint density at radius 3 is 1.65 bits per heavy atom. The van der Waals surface area contributed by atoms with Gasteiger partial charge < -0.3 is 14.2 Å². The molecule has 184 valence electrons. The highest BCUT2D eigenvalue weighted by molar-refractivity contribution is 5.79. The van der Waals surface area contributed by atoms with Gasteiger partial charge in [-0.15, -0.1) is 0 Å². The van der Waals surface area contributed by atoms with Crippen molar-refractivity contribution in [3.8, 4) is 0 Å². The molecule has 0 aromatic heterocycles. The van der Waals surface area contributed by atoms with E-state index in [-0.39, 0.29) is 29.2 Å². The molecule has 0 radical (unpaired) electrons. The van der Waals surface area contributed by atoms with Crippen LogP contribution in [-0.4, -0.2) is 39.2 Å². The zero-order chi connectivity index (χ0) is 24.6. The van der Waals surface area contributed by atoms with Crippen molar-refractivity contribution in [2.75, 3.05) is 21.3 Å². The third-order valence-corrected chi connectivity index (χ3v) is 5.09. The van der Waals surface area contributed by atoms with E-state index in [2.05, 4.69) is 51.0 Å². The summed E-state index contributed by atoms with van der Waals surface area (Å²) < 4.78 is 13.8. The third-order valence-electron chi connectivity index (χ3n) is 5.09. The van der Waals surface area contributed by atoms with Crippen LogP contribution in [0.4, 0.5) is 0 Å². The Labute approximate surface area is 190 Å². The normalized spacial score (nSPS) is 14.6. The van der Waals surface area contributed by atoms with Gasteiger partial charge in [0.05, 0.1) is 32.7 Å². The zero-order valence-electron chi connectivity index (χ0n) is 21.7. The second-order valence-corrected chi connectivity index (χ2v) is 9.79. The molecule has 6 heteroatoms. The van der Waals surface area contributed by atoms with Crippen molar-refractivity contribution in [1.29, 1.82) is 0 Å². The molecule has 0 saturated heterocycles. The third kappa shape index (κ3) is 16.7. The predicted octanol–water partition coefficient (Wildman–Crippen LogP) is 5.81. The number of rotatable bonds is 10. The molecule has 1 unspecified atom stereocenters. The van der Waals surface area contributed by atoms with Gasteiger partial charge in [-0.3, -0.25) is 14.4 Å². The molecule has 1 saturated carbocycles. The number of methoxy groups -OCH3 is 3. The van der Waals surface area contributed by atoms with E-state index in [9.17, 15) is 14.4 Å². The molecule has 0 spiro atoms. The Bertz CT molecular complexity index is 506. The fraction of sp³-hybridized carbons (Fsp3) is 0.880. The molecule has 0 heterocycles. The largest absolute Gasteiger partial charge is 0.469 e. The second kappa shape index (κ2) is 17.0. The van der Waals surface area contributed by atoms with Gasteiger partial charge in [0.1, 0.15) is 0 Å². The number of ether oxygens (including phenoxy) is 3. The first kappa shape index (κ1) is 31.6. The average Bonchev–Trinajstić information content (AvgIpc) is 3.46. The number of esters is 3. The van der Waals surface area contributed by atoms with Crippen LogP contribution in [0, 0.1) is 29.1 Å². The summed E-state index contributed by atoms with van der Waals surface area (Å²) in [7, 11) is 4.33. The Balaban J connectivity index is 0. The van der Waals surface area contributed by atoms with Gasteiger partial charge in [-0.2, -0.15) is 0 Å². The van der Waals surface area contributed by atoms with E-state index < -0.39 is 0 Å². The lowest BCUT2D eigenvalue weighted by Gasteiger charge is -2.13. The molecule has 1 aliphatic carbocycles. The van der Waals surface area contributed by atoms with Gasteiger partial charge in [-0.05, 0) is 49.9 Å². The molecule has 1 fully saturated rings. The highest BCUT2D eigenvalue weighted by atomic mass is 16.5. The molecule has 0 bridgehead atoms. The van der Waals surface area contributed by atoms with Gasteiger partial charge in [0, 0.05) is 6.42 Å². The molecular weight excluding hydrogens is 396 g/mol. The van der Waals surface area contributed by atoms with Crippen molar-refractivity contribution >= 4 is 17.9 Å². The van der Waals surface area contributed by atoms with Crippen LogP contribution < -0.4 is 0 Å². The van der Waals surface area contributed by atoms with Gasteiger partial charge >= 0.3 is 17.9 Å². The Hall–Kier alpha value is -1.59. The SMILES string of the molecule is COC(=O)C(C)CC(C)C.COC(=O)C1(CC(C)C)CC1.COC(=O)CCCC(C)C. The second-order valence-electron chi connectivity index (χ2n) is 9.79. The average molecular weight is 445 g/mol. The van der Waals surface area contributed by atoms with Crippen LogP contribution in [0.15, 0.2) is 0 Å². The van der Waals surface area contributed by atoms with Crippen LogP contribution in [0.3, 0.4) is 0 Å². The van der Waals surface area contributed by atoms with Crippen LogP contribution >= 0.6 is 0 Å². The minimum atomic E-state index is -0.103. The summed E-state index contributed by atoms with van der Waals surface area (Å²) in [5.41, 5.74) is -0.0804. The van der Waals surface area contributed by atoms with Crippen LogP contribution in [0.2, 0.25) is 0 Å². The fourth-order valence-corrected chi connectivity index (χ4v) is 3.40. The standard InChI is InChI=1S/C9H16O2.2C8H16O2/c1-7(2)6-9(4-5-9)8(10)11-3;1-6(2)5-7(3)8(9)10-4;1-7(2)5-4-6-8(9)10-3/h7H,4-6H2,1-3H3;6-7H,5H2,1-4H3;7H,4-6H2,1-3H3. The van der Waals surface area contributed by atoms with Gasteiger partial charge in [0.25, 0.3) is 0 Å². The smallest absolute Gasteiger partial charge is 0.311 e. The van der Waals surface area contributed by atoms with E-state index in [1.54, 1.807) is 0 Å². The van der Waals surface area contributed by atoms with Crippen LogP contribution in [-0.2, 0) is 28.6 Å². The van der Waals surface area contributed by atoms with Crippen LogP contribution in [0.25, 0.3) is 0 Å². The number of hydrogen-bond donors (Lipinski definition) is 0. The van der Waals surface area contributed by atoms with Gasteiger partial charge in [0.15, 0.2) is 0 Å². The van der Waals surface area contributed by atoms with Crippen molar-refractivity contribution in [3.05, 3.63) is 0 Å². The maximum atomic E-state index is 11.2. The maximum Gasteiger partial charge on any atom is 0.311 e. The minimum absolute atomic E-state index is 0.00815. The summed E-state index contributed by atoms with van der Waals surface area (Å²) in [5, 5.41) is 0. The highest BCUT2D eigenvalue weighted by Gasteiger charge is 2.50. The molecule has 1 rings (SSSR count). The molecule has 31 heavy (non-hydrogen) atoms. The van der Waals surface area contributed by atoms with Crippen LogP contribution in [0.5, 0.6) is 0 Å². The Kier molecular flexibility index (Phi) is 17.3. The summed E-state index contributed by atoms with van der Waals surface area (Å²) >= 11 is 0. The zero-order valence-corrected chi connectivity index (χ0v) is 21.7. The monoisotopic (exact) mass is 444 g/mol. The number of hydrogen-bond acceptors (Lipinski definition) is 6. The van der Waals surface area contributed by atoms with Gasteiger partial charge in [-0.25, -0.2) is 0 Å². The molecule has 0 N–H and O–H groups in total. The summed E-state index contributed by atoms with van der Waals surface area (Å²) in [6.07, 6.45) is 6.57. The van der Waals surface area contributed by atoms with Gasteiger partial charge in [-0.1, -0.05) is 54.9 Å². The van der Waals surface area contributed by atoms with Crippen molar-refractivity contribution in [1.82, 2.24) is 0 Å². The first-order valence-corrected chi connectivity index (χ1v) is 11.6. The summed E-state index contributed by atoms with van der Waals surface area (Å²) in [4.78, 5) is 32.6. The quantitative estimate of drug-likeness (QED) is 0.312. The lowest BCUT2D eigenvalue weighted by molar-refractivity contribution is -0.148. The topological polar surface area (TPSA) is 78.9 Å². The molecular formula is C25H48O6.